The zero-order chi connectivity index (χ0) is 77.4. The fraction of sp³-hybridized carbons (Fsp3) is 0.659. The standard InChI is InChI=1S/C23H32FN3O2.C23H33N3O2.C21H27FN4O.C21H28N4O/c1-25(2)23(19-4-3-5-20(24)10-19)14-22(15-23)16-26(9-8-18-12-29-13-18)21(28)27(22)11-17-6-7-17;1-24(2)23(19-7-4-3-5-8-19)14-21(15-23)16-25(17-22(28)11-6-12-22)20(27)26(21)13-18-9-10-18;1-24(2)21(17-5-3-6-18(22)11-17)13-20(14-21)15-25(10-4-9-23)19(27)26(20)12-16-7-8-16;1-23(2)21(18-7-4-3-5-8-18)14-20(15-21)16-24(12-6-11-22)19(26)25(20)13-17-9-10-17/h3-5,10,17-18H,6-9,11-16H2,1-2H3;3-5,7-8,18,28H,6,9-17H2,1-2H3;3,5-6,11,16H,4,7-8,10,12-15H2,1-2H3;3-5,7-8,17H,6,9-10,12-16H2,1-2H3. The number of amides is 8. The van der Waals surface area contributed by atoms with E-state index in [9.17, 15) is 33.1 Å². The fourth-order valence-corrected chi connectivity index (χ4v) is 21.3. The molecule has 592 valence electrons. The molecule has 0 bridgehead atoms. The van der Waals surface area contributed by atoms with Crippen molar-refractivity contribution < 1.29 is 37.8 Å². The molecule has 4 aromatic rings. The first-order chi connectivity index (χ1) is 52.7. The zero-order valence-corrected chi connectivity index (χ0v) is 66.7. The Labute approximate surface area is 652 Å². The first-order valence-corrected chi connectivity index (χ1v) is 41.3. The topological polar surface area (TPSA) is 184 Å². The van der Waals surface area contributed by atoms with Gasteiger partial charge in [0, 0.05) is 77.9 Å². The molecule has 5 heterocycles. The predicted octanol–water partition coefficient (Wildman–Crippen LogP) is 12.6. The lowest BCUT2D eigenvalue weighted by Crippen LogP contribution is -2.67. The summed E-state index contributed by atoms with van der Waals surface area (Å²) in [4.78, 5) is 78.2. The number of halogens is 2. The van der Waals surface area contributed by atoms with Gasteiger partial charge in [-0.2, -0.15) is 10.5 Å². The van der Waals surface area contributed by atoms with Gasteiger partial charge in [-0.25, -0.2) is 28.0 Å². The van der Waals surface area contributed by atoms with Gasteiger partial charge in [0.15, 0.2) is 0 Å². The van der Waals surface area contributed by atoms with Crippen LogP contribution < -0.4 is 0 Å². The Bertz CT molecular complexity index is 4060. The van der Waals surface area contributed by atoms with Crippen LogP contribution in [-0.4, -0.2) is 264 Å². The summed E-state index contributed by atoms with van der Waals surface area (Å²) < 4.78 is 33.2. The van der Waals surface area contributed by atoms with E-state index in [1.165, 1.54) is 74.6 Å². The van der Waals surface area contributed by atoms with Gasteiger partial charge in [0.2, 0.25) is 0 Å². The van der Waals surface area contributed by atoms with E-state index in [2.05, 4.69) is 159 Å². The van der Waals surface area contributed by atoms with Crippen molar-refractivity contribution in [3.05, 3.63) is 143 Å². The molecule has 0 radical (unpaired) electrons. The lowest BCUT2D eigenvalue weighted by atomic mass is 9.58. The van der Waals surface area contributed by atoms with Gasteiger partial charge in [0.1, 0.15) is 11.6 Å². The van der Waals surface area contributed by atoms with E-state index in [0.29, 0.717) is 68.6 Å². The molecular formula is C88H120F2N14O6. The number of β-amino-alcohol motifs (C(OH)–C–C–N with tert-alkyl or cyclic N) is 1. The second-order valence-corrected chi connectivity index (χ2v) is 37.3. The summed E-state index contributed by atoms with van der Waals surface area (Å²) in [7, 11) is 16.8. The van der Waals surface area contributed by atoms with E-state index in [4.69, 9.17) is 15.3 Å². The average Bonchev–Trinajstić information content (AvgIpc) is 1.47. The summed E-state index contributed by atoms with van der Waals surface area (Å²) in [6, 6.07) is 40.2. The number of benzene rings is 4. The minimum Gasteiger partial charge on any atom is -0.388 e. The summed E-state index contributed by atoms with van der Waals surface area (Å²) in [6.45, 7) is 10.5. The Balaban J connectivity index is 0.000000117. The second kappa shape index (κ2) is 30.2. The number of hydrogen-bond donors (Lipinski definition) is 1. The third-order valence-electron chi connectivity index (χ3n) is 28.8. The second-order valence-electron chi connectivity index (χ2n) is 37.3. The monoisotopic (exact) mass is 1510 g/mol. The fourth-order valence-electron chi connectivity index (χ4n) is 21.3. The number of rotatable bonds is 25. The van der Waals surface area contributed by atoms with Crippen molar-refractivity contribution in [2.75, 3.05) is 148 Å². The van der Waals surface area contributed by atoms with Crippen LogP contribution in [-0.2, 0) is 26.9 Å². The molecule has 18 rings (SSSR count). The molecule has 110 heavy (non-hydrogen) atoms. The molecule has 22 heteroatoms. The molecule has 4 spiro atoms. The number of ether oxygens (including phenoxy) is 1. The highest BCUT2D eigenvalue weighted by molar-refractivity contribution is 5.81. The lowest BCUT2D eigenvalue weighted by molar-refractivity contribution is -0.0764. The number of urea groups is 4. The third-order valence-corrected chi connectivity index (χ3v) is 28.8. The molecule has 0 unspecified atom stereocenters. The first-order valence-electron chi connectivity index (χ1n) is 41.3. The minimum absolute atomic E-state index is 0.00538. The lowest BCUT2D eigenvalue weighted by Gasteiger charge is -2.60. The molecule has 0 aromatic heterocycles. The van der Waals surface area contributed by atoms with Gasteiger partial charge in [0.05, 0.1) is 94.7 Å². The number of aliphatic hydroxyl groups is 1. The van der Waals surface area contributed by atoms with Gasteiger partial charge in [-0.1, -0.05) is 84.9 Å². The van der Waals surface area contributed by atoms with Crippen molar-refractivity contribution >= 4 is 24.1 Å². The zero-order valence-electron chi connectivity index (χ0n) is 66.7. The van der Waals surface area contributed by atoms with Crippen molar-refractivity contribution in [3.63, 3.8) is 0 Å². The number of nitriles is 2. The van der Waals surface area contributed by atoms with Crippen LogP contribution in [0.15, 0.2) is 109 Å². The smallest absolute Gasteiger partial charge is 0.320 e. The van der Waals surface area contributed by atoms with Crippen molar-refractivity contribution in [1.82, 2.24) is 58.8 Å². The number of carbonyl (C=O) groups is 4. The first kappa shape index (κ1) is 77.9. The molecule has 5 aliphatic heterocycles. The van der Waals surface area contributed by atoms with E-state index in [1.807, 2.05) is 40.9 Å². The summed E-state index contributed by atoms with van der Waals surface area (Å²) in [5.41, 5.74) is 3.09. The van der Waals surface area contributed by atoms with E-state index < -0.39 is 5.60 Å². The molecule has 8 amide bonds. The highest BCUT2D eigenvalue weighted by atomic mass is 19.1. The molecule has 14 fully saturated rings. The Morgan fingerprint density at radius 1 is 0.418 bits per heavy atom. The van der Waals surface area contributed by atoms with Crippen LogP contribution in [0.1, 0.15) is 164 Å². The summed E-state index contributed by atoms with van der Waals surface area (Å²) >= 11 is 0. The number of hydrogen-bond acceptors (Lipinski definition) is 12. The summed E-state index contributed by atoms with van der Waals surface area (Å²) in [5, 5.41) is 28.5. The van der Waals surface area contributed by atoms with Crippen LogP contribution in [0.2, 0.25) is 0 Å². The van der Waals surface area contributed by atoms with Gasteiger partial charge in [-0.05, 0) is 255 Å². The Kier molecular flexibility index (Phi) is 21.3. The third kappa shape index (κ3) is 14.7. The largest absolute Gasteiger partial charge is 0.388 e. The van der Waals surface area contributed by atoms with Crippen LogP contribution in [0.25, 0.3) is 0 Å². The van der Waals surface area contributed by atoms with Gasteiger partial charge in [0.25, 0.3) is 0 Å². The van der Waals surface area contributed by atoms with E-state index in [1.54, 1.807) is 24.3 Å². The van der Waals surface area contributed by atoms with Crippen LogP contribution in [0.5, 0.6) is 0 Å². The van der Waals surface area contributed by atoms with Gasteiger partial charge in [-0.3, -0.25) is 19.6 Å². The van der Waals surface area contributed by atoms with Crippen LogP contribution in [0.3, 0.4) is 0 Å². The van der Waals surface area contributed by atoms with Crippen LogP contribution in [0.4, 0.5) is 28.0 Å². The predicted molar refractivity (Wildman–Crippen MR) is 419 cm³/mol. The molecule has 9 saturated carbocycles. The maximum Gasteiger partial charge on any atom is 0.320 e. The summed E-state index contributed by atoms with van der Waals surface area (Å²) in [6.07, 6.45) is 21.7. The molecule has 9 aliphatic carbocycles. The molecule has 4 aromatic carbocycles. The molecule has 5 saturated heterocycles. The number of nitrogens with zero attached hydrogens (tertiary/aromatic N) is 14. The van der Waals surface area contributed by atoms with E-state index in [-0.39, 0.29) is 80.1 Å². The number of carbonyl (C=O) groups excluding carboxylic acids is 4. The maximum absolute atomic E-state index is 14.0. The molecule has 20 nitrogen and oxygen atoms in total. The quantitative estimate of drug-likeness (QED) is 0.0663. The van der Waals surface area contributed by atoms with E-state index in [0.717, 1.165) is 154 Å². The van der Waals surface area contributed by atoms with Gasteiger partial charge < -0.3 is 49.0 Å². The van der Waals surface area contributed by atoms with Gasteiger partial charge in [-0.15, -0.1) is 0 Å². The average molecular weight is 1510 g/mol. The Hall–Kier alpha value is -7.44. The van der Waals surface area contributed by atoms with Crippen molar-refractivity contribution in [2.24, 2.45) is 29.6 Å². The van der Waals surface area contributed by atoms with Crippen molar-refractivity contribution in [1.29, 1.82) is 10.5 Å². The minimum atomic E-state index is -0.645. The van der Waals surface area contributed by atoms with Gasteiger partial charge >= 0.3 is 24.1 Å². The van der Waals surface area contributed by atoms with Crippen LogP contribution in [0, 0.1) is 63.9 Å². The SMILES string of the molecule is CN(C)C1(c2cccc(F)c2)CC2(CN(CCC#N)C(=O)N2CC2CC2)C1.CN(C)C1(c2cccc(F)c2)CC2(CN(CCC3COC3)C(=O)N2CC2CC2)C1.CN(C)C1(c2ccccc2)CC2(CN(CC3(O)CCC3)C(=O)N2CC2CC2)C1.CN(C)C1(c2ccccc2)CC2(CN(CCC#N)C(=O)N2CC2CC2)C1. The molecular weight excluding hydrogens is 1390 g/mol. The van der Waals surface area contributed by atoms with E-state index >= 15 is 0 Å². The highest BCUT2D eigenvalue weighted by Gasteiger charge is 2.69. The molecule has 1 N–H and O–H groups in total. The van der Waals surface area contributed by atoms with Crippen molar-refractivity contribution in [3.8, 4) is 12.1 Å². The van der Waals surface area contributed by atoms with Crippen LogP contribution >= 0.6 is 0 Å². The molecule has 14 aliphatic rings. The highest BCUT2D eigenvalue weighted by Crippen LogP contribution is 2.62. The maximum atomic E-state index is 14.0. The summed E-state index contributed by atoms with van der Waals surface area (Å²) in [5.74, 6) is 2.83. The Morgan fingerprint density at radius 2 is 0.718 bits per heavy atom. The molecule has 0 atom stereocenters. The Morgan fingerprint density at radius 3 is 0.991 bits per heavy atom. The van der Waals surface area contributed by atoms with Crippen molar-refractivity contribution in [2.45, 2.75) is 191 Å². The normalized spacial score (nSPS) is 31.8.